The Morgan fingerprint density at radius 1 is 1.00 bits per heavy atom. The number of hydrogen-bond acceptors (Lipinski definition) is 7. The molecule has 0 bridgehead atoms. The van der Waals surface area contributed by atoms with Gasteiger partial charge in [-0.3, -0.25) is 9.78 Å². The van der Waals surface area contributed by atoms with E-state index in [0.29, 0.717) is 17.8 Å². The van der Waals surface area contributed by atoms with E-state index in [1.807, 2.05) is 73.5 Å². The maximum absolute atomic E-state index is 13.7. The highest BCUT2D eigenvalue weighted by molar-refractivity contribution is 8.16. The third-order valence-electron chi connectivity index (χ3n) is 6.74. The molecule has 1 atom stereocenters. The van der Waals surface area contributed by atoms with Crippen molar-refractivity contribution < 1.29 is 14.3 Å². The maximum Gasteiger partial charge on any atom is 0.338 e. The van der Waals surface area contributed by atoms with E-state index in [2.05, 4.69) is 28.5 Å². The Balaban J connectivity index is 1.43. The molecule has 2 aliphatic heterocycles. The Morgan fingerprint density at radius 2 is 1.77 bits per heavy atom. The van der Waals surface area contributed by atoms with Crippen LogP contribution in [0.2, 0.25) is 0 Å². The molecule has 0 unspecified atom stereocenters. The lowest BCUT2D eigenvalue weighted by molar-refractivity contribution is -0.141. The average Bonchev–Trinajstić information content (AvgIpc) is 3.34. The van der Waals surface area contributed by atoms with Gasteiger partial charge in [0.15, 0.2) is 5.17 Å². The highest BCUT2D eigenvalue weighted by atomic mass is 32.2. The molecule has 3 aromatic rings. The summed E-state index contributed by atoms with van der Waals surface area (Å²) >= 11 is 1.47. The number of thioether (sulfide) groups is 1. The monoisotopic (exact) mass is 538 g/mol. The van der Waals surface area contributed by atoms with Gasteiger partial charge >= 0.3 is 5.97 Å². The van der Waals surface area contributed by atoms with E-state index in [1.54, 1.807) is 12.4 Å². The number of hydrogen-bond donors (Lipinski definition) is 1. The summed E-state index contributed by atoms with van der Waals surface area (Å²) < 4.78 is 5.81. The minimum absolute atomic E-state index is 0.112. The van der Waals surface area contributed by atoms with E-state index in [1.165, 1.54) is 11.8 Å². The van der Waals surface area contributed by atoms with Crippen LogP contribution in [0.25, 0.3) is 0 Å². The predicted molar refractivity (Wildman–Crippen MR) is 153 cm³/mol. The number of allylic oxidation sites excluding steroid dienone is 1. The van der Waals surface area contributed by atoms with Crippen molar-refractivity contribution in [1.82, 2.24) is 15.2 Å². The van der Waals surface area contributed by atoms with Gasteiger partial charge in [0.05, 0.1) is 23.7 Å². The summed E-state index contributed by atoms with van der Waals surface area (Å²) in [7, 11) is 0. The average molecular weight is 539 g/mol. The van der Waals surface area contributed by atoms with E-state index in [-0.39, 0.29) is 18.9 Å². The van der Waals surface area contributed by atoms with Crippen molar-refractivity contribution >= 4 is 28.8 Å². The van der Waals surface area contributed by atoms with Crippen molar-refractivity contribution in [2.24, 2.45) is 4.99 Å². The molecule has 0 saturated heterocycles. The lowest BCUT2D eigenvalue weighted by Crippen LogP contribution is -2.38. The molecular formula is C31H30N4O3S. The number of rotatable bonds is 8. The molecule has 0 spiro atoms. The van der Waals surface area contributed by atoms with E-state index in [0.717, 1.165) is 38.7 Å². The first-order valence-electron chi connectivity index (χ1n) is 12.8. The smallest absolute Gasteiger partial charge is 0.338 e. The number of aryl methyl sites for hydroxylation is 2. The van der Waals surface area contributed by atoms with Gasteiger partial charge in [-0.15, -0.1) is 0 Å². The Kier molecular flexibility index (Phi) is 7.93. The molecule has 1 N–H and O–H groups in total. The van der Waals surface area contributed by atoms with Gasteiger partial charge in [0, 0.05) is 24.6 Å². The molecule has 198 valence electrons. The summed E-state index contributed by atoms with van der Waals surface area (Å²) in [5.74, 6) is -0.525. The van der Waals surface area contributed by atoms with Crippen LogP contribution in [0, 0.1) is 13.8 Å². The van der Waals surface area contributed by atoms with Crippen LogP contribution in [0.5, 0.6) is 0 Å². The quantitative estimate of drug-likeness (QED) is 0.369. The number of nitrogens with one attached hydrogen (secondary N) is 1. The minimum Gasteiger partial charge on any atom is -0.457 e. The summed E-state index contributed by atoms with van der Waals surface area (Å²) in [6.07, 6.45) is 3.57. The number of benzene rings is 2. The fourth-order valence-electron chi connectivity index (χ4n) is 4.71. The molecule has 2 aromatic carbocycles. The van der Waals surface area contributed by atoms with E-state index in [9.17, 15) is 9.59 Å². The first-order chi connectivity index (χ1) is 18.9. The lowest BCUT2D eigenvalue weighted by atomic mass is 9.90. The fourth-order valence-corrected chi connectivity index (χ4v) is 5.67. The van der Waals surface area contributed by atoms with Gasteiger partial charge in [-0.05, 0) is 60.6 Å². The molecule has 0 radical (unpaired) electrons. The van der Waals surface area contributed by atoms with Crippen molar-refractivity contribution in [3.63, 3.8) is 0 Å². The molecule has 5 rings (SSSR count). The molecule has 2 aliphatic rings. The van der Waals surface area contributed by atoms with E-state index < -0.39 is 12.0 Å². The number of carbonyl (C=O) groups excluding carboxylic acids is 2. The molecule has 1 aromatic heterocycles. The summed E-state index contributed by atoms with van der Waals surface area (Å²) in [5, 5.41) is 5.69. The second kappa shape index (κ2) is 11.7. The number of aromatic nitrogens is 1. The van der Waals surface area contributed by atoms with Crippen molar-refractivity contribution in [2.45, 2.75) is 46.4 Å². The van der Waals surface area contributed by atoms with Crippen LogP contribution >= 0.6 is 11.8 Å². The summed E-state index contributed by atoms with van der Waals surface area (Å²) in [6.45, 7) is 6.51. The van der Waals surface area contributed by atoms with Crippen molar-refractivity contribution in [3.8, 4) is 0 Å². The Labute approximate surface area is 232 Å². The Morgan fingerprint density at radius 3 is 2.54 bits per heavy atom. The van der Waals surface area contributed by atoms with Gasteiger partial charge in [-0.1, -0.05) is 65.9 Å². The van der Waals surface area contributed by atoms with Crippen molar-refractivity contribution in [3.05, 3.63) is 123 Å². The summed E-state index contributed by atoms with van der Waals surface area (Å²) in [5.41, 5.74) is 6.90. The number of esters is 1. The topological polar surface area (TPSA) is 83.9 Å². The Hall–Kier alpha value is -4.17. The molecule has 1 amide bonds. The zero-order valence-electron chi connectivity index (χ0n) is 22.2. The zero-order chi connectivity index (χ0) is 27.4. The van der Waals surface area contributed by atoms with Gasteiger partial charge in [0.1, 0.15) is 6.61 Å². The highest BCUT2D eigenvalue weighted by Gasteiger charge is 2.41. The Bertz CT molecular complexity index is 1480. The molecule has 39 heavy (non-hydrogen) atoms. The van der Waals surface area contributed by atoms with Crippen LogP contribution in [0.1, 0.15) is 47.2 Å². The van der Waals surface area contributed by atoms with Crippen LogP contribution < -0.4 is 5.32 Å². The second-order valence-corrected chi connectivity index (χ2v) is 10.5. The zero-order valence-corrected chi connectivity index (χ0v) is 23.0. The number of aliphatic imine (C=N–C) groups is 1. The number of fused-ring (bicyclic) bond motifs is 1. The van der Waals surface area contributed by atoms with Crippen LogP contribution in [-0.2, 0) is 27.5 Å². The molecule has 7 nitrogen and oxygen atoms in total. The molecular weight excluding hydrogens is 508 g/mol. The van der Waals surface area contributed by atoms with Crippen LogP contribution in [0.3, 0.4) is 0 Å². The SMILES string of the molecule is CC1=C(C(=O)OCc2ccccc2)[C@H](c2cc(C)ccc2C)N2C(CC(=O)NCc3ccncc3)=CSC2=N1. The fraction of sp³-hybridized carbons (Fsp3) is 0.226. The van der Waals surface area contributed by atoms with Gasteiger partial charge in [-0.2, -0.15) is 0 Å². The second-order valence-electron chi connectivity index (χ2n) is 9.62. The van der Waals surface area contributed by atoms with Gasteiger partial charge in [0.25, 0.3) is 0 Å². The number of ether oxygens (including phenoxy) is 1. The van der Waals surface area contributed by atoms with Crippen LogP contribution in [-0.4, -0.2) is 26.9 Å². The lowest BCUT2D eigenvalue weighted by Gasteiger charge is -2.37. The van der Waals surface area contributed by atoms with Gasteiger partial charge < -0.3 is 15.0 Å². The van der Waals surface area contributed by atoms with Gasteiger partial charge in [0.2, 0.25) is 5.91 Å². The van der Waals surface area contributed by atoms with Crippen LogP contribution in [0.15, 0.2) is 100 Å². The minimum atomic E-state index is -0.463. The molecule has 0 aliphatic carbocycles. The highest BCUT2D eigenvalue weighted by Crippen LogP contribution is 2.45. The maximum atomic E-state index is 13.7. The first-order valence-corrected chi connectivity index (χ1v) is 13.7. The third-order valence-corrected chi connectivity index (χ3v) is 7.63. The number of amidine groups is 1. The molecule has 0 saturated carbocycles. The normalized spacial score (nSPS) is 16.4. The number of pyridine rings is 1. The van der Waals surface area contributed by atoms with Crippen LogP contribution in [0.4, 0.5) is 0 Å². The predicted octanol–water partition coefficient (Wildman–Crippen LogP) is 5.72. The van der Waals surface area contributed by atoms with Crippen molar-refractivity contribution in [1.29, 1.82) is 0 Å². The third kappa shape index (κ3) is 5.96. The largest absolute Gasteiger partial charge is 0.457 e. The van der Waals surface area contributed by atoms with E-state index >= 15 is 0 Å². The van der Waals surface area contributed by atoms with Crippen molar-refractivity contribution in [2.75, 3.05) is 0 Å². The molecule has 8 heteroatoms. The molecule has 0 fully saturated rings. The van der Waals surface area contributed by atoms with Gasteiger partial charge in [-0.25, -0.2) is 9.79 Å². The standard InChI is InChI=1S/C31H30N4O3S/c1-20-9-10-21(2)26(15-20)29-28(30(37)38-18-24-7-5-4-6-8-24)22(3)34-31-35(29)25(19-39-31)16-27(36)33-17-23-11-13-32-14-12-23/h4-15,19,29H,16-18H2,1-3H3,(H,33,36)/t29-/m0/s1. The summed E-state index contributed by atoms with van der Waals surface area (Å²) in [4.78, 5) is 37.5. The molecule has 3 heterocycles. The number of nitrogens with zero attached hydrogens (tertiary/aromatic N) is 3. The number of amides is 1. The summed E-state index contributed by atoms with van der Waals surface area (Å²) in [6, 6.07) is 19.1. The number of carbonyl (C=O) groups is 2. The first kappa shape index (κ1) is 26.4. The van der Waals surface area contributed by atoms with E-state index in [4.69, 9.17) is 9.73 Å².